The van der Waals surface area contributed by atoms with Gasteiger partial charge in [0.15, 0.2) is 6.29 Å². The molecule has 0 aliphatic heterocycles. The third-order valence-electron chi connectivity index (χ3n) is 5.05. The highest BCUT2D eigenvalue weighted by atomic mass is 35.5. The van der Waals surface area contributed by atoms with Gasteiger partial charge in [0.1, 0.15) is 5.78 Å². The quantitative estimate of drug-likeness (QED) is 0.598. The van der Waals surface area contributed by atoms with E-state index in [9.17, 15) is 14.4 Å². The van der Waals surface area contributed by atoms with Crippen molar-refractivity contribution < 1.29 is 19.5 Å². The molecule has 1 aliphatic rings. The molecule has 1 fully saturated rings. The van der Waals surface area contributed by atoms with E-state index in [0.717, 1.165) is 17.4 Å². The monoisotopic (exact) mass is 429 g/mol. The van der Waals surface area contributed by atoms with Crippen molar-refractivity contribution in [3.05, 3.63) is 59.1 Å². The van der Waals surface area contributed by atoms with Crippen molar-refractivity contribution in [2.75, 3.05) is 0 Å². The van der Waals surface area contributed by atoms with Gasteiger partial charge >= 0.3 is 6.09 Å². The second kappa shape index (κ2) is 10.4. The van der Waals surface area contributed by atoms with Gasteiger partial charge in [-0.2, -0.15) is 0 Å². The number of hydrogen-bond acceptors (Lipinski definition) is 3. The molecule has 1 amide bonds. The molecule has 3 rings (SSSR count). The fraction of sp³-hybridized carbons (Fsp3) is 0.375. The minimum atomic E-state index is -0.887. The zero-order chi connectivity index (χ0) is 22.3. The van der Waals surface area contributed by atoms with Crippen LogP contribution in [0.25, 0.3) is 11.1 Å². The zero-order valence-electron chi connectivity index (χ0n) is 17.6. The molecule has 0 heterocycles. The first-order valence-electron chi connectivity index (χ1n) is 9.97. The lowest BCUT2D eigenvalue weighted by Gasteiger charge is -2.41. The van der Waals surface area contributed by atoms with Crippen molar-refractivity contribution >= 4 is 29.8 Å². The number of ketones is 1. The van der Waals surface area contributed by atoms with Gasteiger partial charge in [0.05, 0.1) is 0 Å². The highest BCUT2D eigenvalue weighted by molar-refractivity contribution is 6.30. The molecule has 160 valence electrons. The first-order valence-corrected chi connectivity index (χ1v) is 10.4. The standard InChI is InChI=1S/C13H9ClO.C11H19NO3/c14-12-7-5-10(6-8-12)13-4-2-1-3-11(13)9-15;1-11(2,3)12(10(14)15)8-4-6-9(13)7-5-8/h1-9H;8H,4-7H2,1-3H3,(H,14,15). The van der Waals surface area contributed by atoms with Gasteiger partial charge in [-0.1, -0.05) is 48.0 Å². The minimum Gasteiger partial charge on any atom is -0.465 e. The van der Waals surface area contributed by atoms with Crippen LogP contribution in [-0.4, -0.2) is 39.7 Å². The van der Waals surface area contributed by atoms with E-state index in [4.69, 9.17) is 16.7 Å². The highest BCUT2D eigenvalue weighted by Gasteiger charge is 2.34. The summed E-state index contributed by atoms with van der Waals surface area (Å²) < 4.78 is 0. The second-order valence-corrected chi connectivity index (χ2v) is 8.74. The molecule has 6 heteroatoms. The highest BCUT2D eigenvalue weighted by Crippen LogP contribution is 2.27. The van der Waals surface area contributed by atoms with Crippen molar-refractivity contribution in [2.45, 2.75) is 58.0 Å². The third-order valence-corrected chi connectivity index (χ3v) is 5.30. The summed E-state index contributed by atoms with van der Waals surface area (Å²) in [4.78, 5) is 34.6. The number of halogens is 1. The summed E-state index contributed by atoms with van der Waals surface area (Å²) >= 11 is 5.80. The number of hydrogen-bond donors (Lipinski definition) is 1. The molecular weight excluding hydrogens is 402 g/mol. The lowest BCUT2D eigenvalue weighted by Crippen LogP contribution is -2.52. The minimum absolute atomic E-state index is 0.000185. The number of Topliss-reactive ketones (excluding diaryl/α,β-unsaturated/α-hetero) is 1. The van der Waals surface area contributed by atoms with Crippen molar-refractivity contribution in [1.29, 1.82) is 0 Å². The van der Waals surface area contributed by atoms with E-state index < -0.39 is 11.6 Å². The maximum absolute atomic E-state index is 11.2. The Bertz CT molecular complexity index is 877. The van der Waals surface area contributed by atoms with Crippen LogP contribution in [0.5, 0.6) is 0 Å². The van der Waals surface area contributed by atoms with Gasteiger partial charge in [-0.3, -0.25) is 9.59 Å². The van der Waals surface area contributed by atoms with Gasteiger partial charge in [-0.25, -0.2) is 4.79 Å². The predicted octanol–water partition coefficient (Wildman–Crippen LogP) is 6.10. The van der Waals surface area contributed by atoms with Gasteiger partial charge < -0.3 is 10.0 Å². The lowest BCUT2D eigenvalue weighted by molar-refractivity contribution is -0.121. The number of nitrogens with zero attached hydrogens (tertiary/aromatic N) is 1. The number of benzene rings is 2. The summed E-state index contributed by atoms with van der Waals surface area (Å²) in [7, 11) is 0. The van der Waals surface area contributed by atoms with Crippen LogP contribution in [0.4, 0.5) is 4.79 Å². The van der Waals surface area contributed by atoms with E-state index in [0.29, 0.717) is 36.3 Å². The average molecular weight is 430 g/mol. The Kier molecular flexibility index (Phi) is 8.18. The Hall–Kier alpha value is -2.66. The topological polar surface area (TPSA) is 74.7 Å². The molecule has 2 aromatic rings. The summed E-state index contributed by atoms with van der Waals surface area (Å²) in [6.07, 6.45) is 2.35. The Morgan fingerprint density at radius 1 is 1.07 bits per heavy atom. The van der Waals surface area contributed by atoms with E-state index in [2.05, 4.69) is 0 Å². The second-order valence-electron chi connectivity index (χ2n) is 8.31. The SMILES string of the molecule is CC(C)(C)N(C(=O)O)C1CCC(=O)CC1.O=Cc1ccccc1-c1ccc(Cl)cc1. The average Bonchev–Trinajstić information content (AvgIpc) is 2.69. The summed E-state index contributed by atoms with van der Waals surface area (Å²) in [5.74, 6) is 0.255. The Morgan fingerprint density at radius 3 is 2.13 bits per heavy atom. The Labute approximate surface area is 182 Å². The number of carboxylic acid groups (broad SMARTS) is 1. The Morgan fingerprint density at radius 2 is 1.63 bits per heavy atom. The van der Waals surface area contributed by atoms with Crippen LogP contribution in [0.1, 0.15) is 56.8 Å². The first-order chi connectivity index (χ1) is 14.1. The molecule has 0 spiro atoms. The predicted molar refractivity (Wildman–Crippen MR) is 119 cm³/mol. The summed E-state index contributed by atoms with van der Waals surface area (Å²) in [6, 6.07) is 14.9. The van der Waals surface area contributed by atoms with Crippen LogP contribution >= 0.6 is 11.6 Å². The molecule has 0 atom stereocenters. The molecule has 1 aliphatic carbocycles. The first kappa shape index (κ1) is 23.6. The normalized spacial score (nSPS) is 14.5. The fourth-order valence-corrected chi connectivity index (χ4v) is 3.79. The van der Waals surface area contributed by atoms with E-state index >= 15 is 0 Å². The van der Waals surface area contributed by atoms with Crippen LogP contribution in [0.3, 0.4) is 0 Å². The molecule has 0 radical (unpaired) electrons. The molecule has 2 aromatic carbocycles. The van der Waals surface area contributed by atoms with Crippen molar-refractivity contribution in [1.82, 2.24) is 4.90 Å². The fourth-order valence-electron chi connectivity index (χ4n) is 3.67. The lowest BCUT2D eigenvalue weighted by atomic mass is 9.90. The molecule has 0 aromatic heterocycles. The van der Waals surface area contributed by atoms with E-state index in [1.54, 1.807) is 6.07 Å². The maximum Gasteiger partial charge on any atom is 0.407 e. The van der Waals surface area contributed by atoms with Crippen molar-refractivity contribution in [2.24, 2.45) is 0 Å². The largest absolute Gasteiger partial charge is 0.465 e. The summed E-state index contributed by atoms with van der Waals surface area (Å²) in [5, 5.41) is 9.86. The maximum atomic E-state index is 11.2. The number of rotatable bonds is 3. The molecular formula is C24H28ClNO4. The summed E-state index contributed by atoms with van der Waals surface area (Å²) in [6.45, 7) is 5.66. The van der Waals surface area contributed by atoms with E-state index in [-0.39, 0.29) is 11.8 Å². The van der Waals surface area contributed by atoms with Crippen molar-refractivity contribution in [3.8, 4) is 11.1 Å². The molecule has 0 saturated heterocycles. The molecule has 0 bridgehead atoms. The molecule has 1 saturated carbocycles. The van der Waals surface area contributed by atoms with Gasteiger partial charge in [-0.05, 0) is 56.9 Å². The van der Waals surface area contributed by atoms with Gasteiger partial charge in [0.2, 0.25) is 0 Å². The number of amides is 1. The van der Waals surface area contributed by atoms with Crippen LogP contribution < -0.4 is 0 Å². The Balaban J connectivity index is 0.000000214. The van der Waals surface area contributed by atoms with Gasteiger partial charge in [-0.15, -0.1) is 0 Å². The van der Waals surface area contributed by atoms with E-state index in [1.165, 1.54) is 4.90 Å². The van der Waals surface area contributed by atoms with Gasteiger partial charge in [0.25, 0.3) is 0 Å². The molecule has 1 N–H and O–H groups in total. The summed E-state index contributed by atoms with van der Waals surface area (Å²) in [5.41, 5.74) is 2.24. The zero-order valence-corrected chi connectivity index (χ0v) is 18.4. The van der Waals surface area contributed by atoms with Crippen LogP contribution in [0.15, 0.2) is 48.5 Å². The van der Waals surface area contributed by atoms with Crippen molar-refractivity contribution in [3.63, 3.8) is 0 Å². The number of carbonyl (C=O) groups is 3. The third kappa shape index (κ3) is 6.42. The van der Waals surface area contributed by atoms with Crippen LogP contribution in [0.2, 0.25) is 5.02 Å². The van der Waals surface area contributed by atoms with Crippen LogP contribution in [-0.2, 0) is 4.79 Å². The van der Waals surface area contributed by atoms with E-state index in [1.807, 2.05) is 63.2 Å². The smallest absolute Gasteiger partial charge is 0.407 e. The number of aldehydes is 1. The molecule has 30 heavy (non-hydrogen) atoms. The molecule has 0 unspecified atom stereocenters. The van der Waals surface area contributed by atoms with Crippen LogP contribution in [0, 0.1) is 0 Å². The number of carbonyl (C=O) groups excluding carboxylic acids is 2. The van der Waals surface area contributed by atoms with Gasteiger partial charge in [0, 0.05) is 35.0 Å². The molecule has 5 nitrogen and oxygen atoms in total.